The van der Waals surface area contributed by atoms with Gasteiger partial charge in [-0.15, -0.1) is 0 Å². The molecule has 3 nitrogen and oxygen atoms in total. The van der Waals surface area contributed by atoms with Gasteiger partial charge in [-0.25, -0.2) is 4.98 Å². The van der Waals surface area contributed by atoms with Gasteiger partial charge in [-0.05, 0) is 108 Å². The molecular formula is C49H49N3. The zero-order chi connectivity index (χ0) is 37.1. The molecule has 0 N–H and O–H groups in total. The molecule has 0 saturated carbocycles. The molecule has 3 aromatic heterocycles. The highest BCUT2D eigenvalue weighted by atomic mass is 15.0. The van der Waals surface area contributed by atoms with Crippen molar-refractivity contribution in [3.05, 3.63) is 229 Å². The first-order chi connectivity index (χ1) is 25.5. The molecule has 0 amide bonds. The number of rotatable bonds is 15. The van der Waals surface area contributed by atoms with E-state index in [1.807, 2.05) is 106 Å². The number of aromatic nitrogens is 3. The van der Waals surface area contributed by atoms with Crippen LogP contribution >= 0.6 is 0 Å². The number of fused-ring (bicyclic) bond motifs is 1. The van der Waals surface area contributed by atoms with Crippen LogP contribution in [0, 0.1) is 0 Å². The minimum absolute atomic E-state index is 0.728. The topological polar surface area (TPSA) is 30.2 Å². The second-order valence-corrected chi connectivity index (χ2v) is 11.9. The van der Waals surface area contributed by atoms with Crippen LogP contribution < -0.4 is 10.4 Å². The van der Waals surface area contributed by atoms with Crippen molar-refractivity contribution >= 4 is 22.7 Å². The van der Waals surface area contributed by atoms with E-state index in [0.29, 0.717) is 0 Å². The van der Waals surface area contributed by atoms with Gasteiger partial charge in [-0.3, -0.25) is 9.38 Å². The summed E-state index contributed by atoms with van der Waals surface area (Å²) in [5, 5.41) is 2.18. The number of hydrogen-bond donors (Lipinski definition) is 0. The predicted octanol–water partition coefficient (Wildman–Crippen LogP) is 11.4. The van der Waals surface area contributed by atoms with E-state index in [4.69, 9.17) is 4.98 Å². The molecule has 0 bridgehead atoms. The van der Waals surface area contributed by atoms with Gasteiger partial charge in [0.2, 0.25) is 0 Å². The SMILES string of the molecule is C=C/C=C/C(C(/C=C)=C/C=C\C)=c1/cccc/c1=C(C(=C)/C=C\C=C/C)/C(C)=C/CC(/C=C\C)=C/C=C/c1nc(-c2ccccn2)c2ccccn12. The standard InChI is InChI=1S/C49H49N3/c1-8-13-16-25-38(6)48(44-30-18-17-29-43(44)42(28-15-10-3)41(12-5)27-14-9-2)39(7)34-35-40(24-11-4)26-23-33-47-51-49(45-31-19-21-36-50-45)46-32-20-22-37-52(46)47/h8-34,36-37H,3,5-6,35H2,1-2,4,7H3/b13-8-,14-9-,24-11-,25-16-,28-15+,33-23+,39-34+,40-26+,41-27+,43-42+,48-44-. The fourth-order valence-corrected chi connectivity index (χ4v) is 5.82. The lowest BCUT2D eigenvalue weighted by Gasteiger charge is -2.12. The summed E-state index contributed by atoms with van der Waals surface area (Å²) in [6.45, 7) is 20.9. The molecule has 4 rings (SSSR count). The van der Waals surface area contributed by atoms with Crippen LogP contribution in [-0.2, 0) is 0 Å². The van der Waals surface area contributed by atoms with Crippen molar-refractivity contribution in [3.63, 3.8) is 0 Å². The lowest BCUT2D eigenvalue weighted by molar-refractivity contribution is 1.12. The maximum absolute atomic E-state index is 4.96. The highest BCUT2D eigenvalue weighted by molar-refractivity contribution is 5.83. The maximum atomic E-state index is 4.96. The Kier molecular flexibility index (Phi) is 15.1. The lowest BCUT2D eigenvalue weighted by Crippen LogP contribution is -2.30. The molecule has 0 aliphatic carbocycles. The number of pyridine rings is 2. The van der Waals surface area contributed by atoms with Gasteiger partial charge >= 0.3 is 0 Å². The van der Waals surface area contributed by atoms with Gasteiger partial charge < -0.3 is 0 Å². The third kappa shape index (κ3) is 10.1. The fraction of sp³-hybridized carbons (Fsp3) is 0.102. The normalized spacial score (nSPS) is 14.6. The molecule has 1 aromatic carbocycles. The number of imidazole rings is 1. The van der Waals surface area contributed by atoms with E-state index in [9.17, 15) is 0 Å². The summed E-state index contributed by atoms with van der Waals surface area (Å²) in [7, 11) is 0. The number of benzene rings is 1. The quantitative estimate of drug-likeness (QED) is 0.117. The van der Waals surface area contributed by atoms with Crippen molar-refractivity contribution in [2.24, 2.45) is 0 Å². The minimum Gasteiger partial charge on any atom is -0.300 e. The van der Waals surface area contributed by atoms with E-state index in [0.717, 1.165) is 73.0 Å². The Morgan fingerprint density at radius 2 is 1.54 bits per heavy atom. The zero-order valence-electron chi connectivity index (χ0n) is 30.9. The summed E-state index contributed by atoms with van der Waals surface area (Å²) in [4.78, 5) is 9.51. The molecule has 0 saturated heterocycles. The van der Waals surface area contributed by atoms with Gasteiger partial charge in [0.15, 0.2) is 0 Å². The van der Waals surface area contributed by atoms with Crippen LogP contribution in [0.4, 0.5) is 0 Å². The molecule has 0 fully saturated rings. The van der Waals surface area contributed by atoms with Crippen LogP contribution in [0.3, 0.4) is 0 Å². The molecule has 0 radical (unpaired) electrons. The van der Waals surface area contributed by atoms with E-state index in [1.165, 1.54) is 0 Å². The van der Waals surface area contributed by atoms with E-state index in [2.05, 4.69) is 115 Å². The largest absolute Gasteiger partial charge is 0.300 e. The highest BCUT2D eigenvalue weighted by Crippen LogP contribution is 2.25. The first-order valence-corrected chi connectivity index (χ1v) is 17.6. The van der Waals surface area contributed by atoms with Crippen molar-refractivity contribution in [2.45, 2.75) is 34.1 Å². The Bertz CT molecular complexity index is 2290. The third-order valence-corrected chi connectivity index (χ3v) is 8.26. The van der Waals surface area contributed by atoms with Crippen molar-refractivity contribution in [3.8, 4) is 11.4 Å². The Balaban J connectivity index is 1.85. The summed E-state index contributed by atoms with van der Waals surface area (Å²) < 4.78 is 2.10. The summed E-state index contributed by atoms with van der Waals surface area (Å²) in [5.41, 5.74) is 9.10. The van der Waals surface area contributed by atoms with Gasteiger partial charge in [0, 0.05) is 12.4 Å². The second-order valence-electron chi connectivity index (χ2n) is 11.9. The second kappa shape index (κ2) is 20.4. The summed E-state index contributed by atoms with van der Waals surface area (Å²) in [6.07, 6.45) is 39.4. The van der Waals surface area contributed by atoms with E-state index in [1.54, 1.807) is 12.3 Å². The van der Waals surface area contributed by atoms with Gasteiger partial charge in [-0.1, -0.05) is 153 Å². The van der Waals surface area contributed by atoms with Crippen molar-refractivity contribution in [1.29, 1.82) is 0 Å². The van der Waals surface area contributed by atoms with Gasteiger partial charge in [0.25, 0.3) is 0 Å². The molecule has 260 valence electrons. The van der Waals surface area contributed by atoms with Crippen molar-refractivity contribution in [2.75, 3.05) is 0 Å². The highest BCUT2D eigenvalue weighted by Gasteiger charge is 2.12. The van der Waals surface area contributed by atoms with Gasteiger partial charge in [0.1, 0.15) is 11.5 Å². The first-order valence-electron chi connectivity index (χ1n) is 17.6. The average Bonchev–Trinajstić information content (AvgIpc) is 3.54. The predicted molar refractivity (Wildman–Crippen MR) is 227 cm³/mol. The van der Waals surface area contributed by atoms with Crippen LogP contribution in [0.25, 0.3) is 34.1 Å². The molecule has 52 heavy (non-hydrogen) atoms. The molecule has 0 spiro atoms. The molecule has 0 aliphatic rings. The molecule has 4 aromatic rings. The van der Waals surface area contributed by atoms with Crippen molar-refractivity contribution < 1.29 is 0 Å². The molecule has 0 unspecified atom stereocenters. The van der Waals surface area contributed by atoms with Crippen LogP contribution in [0.15, 0.2) is 212 Å². The van der Waals surface area contributed by atoms with Crippen LogP contribution in [0.1, 0.15) is 39.9 Å². The first kappa shape index (κ1) is 38.5. The number of nitrogens with zero attached hydrogens (tertiary/aromatic N) is 3. The summed E-state index contributed by atoms with van der Waals surface area (Å²) in [6, 6.07) is 20.5. The fourth-order valence-electron chi connectivity index (χ4n) is 5.82. The Morgan fingerprint density at radius 1 is 0.769 bits per heavy atom. The van der Waals surface area contributed by atoms with Gasteiger partial charge in [0.05, 0.1) is 11.2 Å². The smallest absolute Gasteiger partial charge is 0.137 e. The maximum Gasteiger partial charge on any atom is 0.137 e. The average molecular weight is 680 g/mol. The Labute approximate surface area is 310 Å². The summed E-state index contributed by atoms with van der Waals surface area (Å²) in [5.74, 6) is 0.843. The number of hydrogen-bond acceptors (Lipinski definition) is 2. The van der Waals surface area contributed by atoms with Crippen LogP contribution in [0.2, 0.25) is 0 Å². The summed E-state index contributed by atoms with van der Waals surface area (Å²) >= 11 is 0. The molecule has 3 heterocycles. The zero-order valence-corrected chi connectivity index (χ0v) is 30.9. The van der Waals surface area contributed by atoms with E-state index < -0.39 is 0 Å². The Morgan fingerprint density at radius 3 is 2.25 bits per heavy atom. The lowest BCUT2D eigenvalue weighted by atomic mass is 9.92. The number of allylic oxidation sites excluding steroid dienone is 20. The molecule has 3 heteroatoms. The van der Waals surface area contributed by atoms with Gasteiger partial charge in [-0.2, -0.15) is 0 Å². The minimum atomic E-state index is 0.728. The Hall–Kier alpha value is -6.32. The molecular weight excluding hydrogens is 631 g/mol. The van der Waals surface area contributed by atoms with E-state index >= 15 is 0 Å². The van der Waals surface area contributed by atoms with E-state index in [-0.39, 0.29) is 0 Å². The van der Waals surface area contributed by atoms with Crippen LogP contribution in [-0.4, -0.2) is 14.4 Å². The van der Waals surface area contributed by atoms with Crippen LogP contribution in [0.5, 0.6) is 0 Å². The monoisotopic (exact) mass is 679 g/mol. The molecule has 0 atom stereocenters. The van der Waals surface area contributed by atoms with Crippen molar-refractivity contribution in [1.82, 2.24) is 14.4 Å². The third-order valence-electron chi connectivity index (χ3n) is 8.26. The molecule has 0 aliphatic heterocycles.